The Hall–Kier alpha value is -2.07. The zero-order valence-electron chi connectivity index (χ0n) is 16.0. The van der Waals surface area contributed by atoms with E-state index in [4.69, 9.17) is 28.6 Å². The van der Waals surface area contributed by atoms with Gasteiger partial charge in [-0.25, -0.2) is 9.97 Å². The molecule has 7 nitrogen and oxygen atoms in total. The Balaban J connectivity index is 1.49. The molecule has 0 saturated carbocycles. The second-order valence-electron chi connectivity index (χ2n) is 6.61. The highest BCUT2D eigenvalue weighted by atomic mass is 35.5. The fourth-order valence-electron chi connectivity index (χ4n) is 3.27. The number of methoxy groups -OCH3 is 1. The summed E-state index contributed by atoms with van der Waals surface area (Å²) in [5.41, 5.74) is 2.75. The molecule has 152 valence electrons. The Labute approximate surface area is 183 Å². The normalized spacial score (nSPS) is 14.4. The first-order chi connectivity index (χ1) is 14.2. The molecule has 29 heavy (non-hydrogen) atoms. The first-order valence-corrected chi connectivity index (χ1v) is 10.9. The first-order valence-electron chi connectivity index (χ1n) is 9.30. The molecule has 1 aliphatic heterocycles. The van der Waals surface area contributed by atoms with E-state index < -0.39 is 0 Å². The smallest absolute Gasteiger partial charge is 0.169 e. The number of ether oxygens (including phenoxy) is 1. The molecule has 0 spiro atoms. The zero-order valence-corrected chi connectivity index (χ0v) is 18.4. The maximum atomic E-state index is 6.01. The Morgan fingerprint density at radius 1 is 1.21 bits per heavy atom. The number of thiocarbonyl (C=S) groups is 1. The van der Waals surface area contributed by atoms with Gasteiger partial charge in [0.2, 0.25) is 0 Å². The van der Waals surface area contributed by atoms with Gasteiger partial charge in [-0.3, -0.25) is 0 Å². The Bertz CT molecular complexity index is 988. The molecule has 1 aromatic carbocycles. The number of piperazine rings is 1. The van der Waals surface area contributed by atoms with Crippen LogP contribution in [0.4, 0.5) is 5.82 Å². The lowest BCUT2D eigenvalue weighted by Gasteiger charge is -2.36. The van der Waals surface area contributed by atoms with Crippen LogP contribution < -0.4 is 10.2 Å². The molecule has 1 N–H and O–H groups in total. The Morgan fingerprint density at radius 2 is 1.97 bits per heavy atom. The molecule has 10 heteroatoms. The number of nitrogens with zero attached hydrogens (tertiary/aromatic N) is 5. The highest BCUT2D eigenvalue weighted by Crippen LogP contribution is 2.34. The molecule has 0 bridgehead atoms. The standard InChI is InChI=1S/C19H21ClN6OS2/c1-27-11-6-21-19(28)26-9-7-25(8-10-26)18-17-16(22-12-23-18)15(24-29-17)13-2-4-14(20)5-3-13/h2-5,12H,6-11H2,1H3,(H,21,28). The Kier molecular flexibility index (Phi) is 6.39. The lowest BCUT2D eigenvalue weighted by molar-refractivity contribution is 0.202. The van der Waals surface area contributed by atoms with Gasteiger partial charge in [-0.2, -0.15) is 4.37 Å². The first kappa shape index (κ1) is 20.2. The molecule has 0 radical (unpaired) electrons. The predicted octanol–water partition coefficient (Wildman–Crippen LogP) is 3.05. The molecule has 0 aliphatic carbocycles. The number of hydrogen-bond acceptors (Lipinski definition) is 7. The lowest BCUT2D eigenvalue weighted by atomic mass is 10.1. The van der Waals surface area contributed by atoms with Gasteiger partial charge in [-0.05, 0) is 35.9 Å². The molecule has 1 aliphatic rings. The van der Waals surface area contributed by atoms with Crippen LogP contribution >= 0.6 is 35.4 Å². The van der Waals surface area contributed by atoms with Crippen LogP contribution in [0.2, 0.25) is 5.02 Å². The van der Waals surface area contributed by atoms with Gasteiger partial charge < -0.3 is 19.9 Å². The maximum Gasteiger partial charge on any atom is 0.169 e. The van der Waals surface area contributed by atoms with E-state index in [-0.39, 0.29) is 0 Å². The van der Waals surface area contributed by atoms with Gasteiger partial charge in [0.25, 0.3) is 0 Å². The number of benzene rings is 1. The minimum Gasteiger partial charge on any atom is -0.383 e. The minimum atomic E-state index is 0.639. The summed E-state index contributed by atoms with van der Waals surface area (Å²) in [7, 11) is 1.68. The number of halogens is 1. The van der Waals surface area contributed by atoms with Crippen LogP contribution in [0, 0.1) is 0 Å². The van der Waals surface area contributed by atoms with E-state index in [1.807, 2.05) is 24.3 Å². The fourth-order valence-corrected chi connectivity index (χ4v) is 4.55. The van der Waals surface area contributed by atoms with Crippen molar-refractivity contribution in [2.24, 2.45) is 0 Å². The quantitative estimate of drug-likeness (QED) is 0.472. The average molecular weight is 449 g/mol. The second-order valence-corrected chi connectivity index (χ2v) is 8.21. The number of hydrogen-bond donors (Lipinski definition) is 1. The van der Waals surface area contributed by atoms with Crippen molar-refractivity contribution in [3.05, 3.63) is 35.6 Å². The van der Waals surface area contributed by atoms with Crippen molar-refractivity contribution in [1.82, 2.24) is 24.6 Å². The summed E-state index contributed by atoms with van der Waals surface area (Å²) in [6, 6.07) is 7.67. The van der Waals surface area contributed by atoms with Gasteiger partial charge >= 0.3 is 0 Å². The van der Waals surface area contributed by atoms with E-state index in [0.29, 0.717) is 11.6 Å². The topological polar surface area (TPSA) is 66.4 Å². The number of aromatic nitrogens is 3. The molecule has 2 aromatic heterocycles. The van der Waals surface area contributed by atoms with Crippen LogP contribution in [-0.2, 0) is 4.74 Å². The van der Waals surface area contributed by atoms with E-state index >= 15 is 0 Å². The van der Waals surface area contributed by atoms with Crippen LogP contribution in [0.1, 0.15) is 0 Å². The summed E-state index contributed by atoms with van der Waals surface area (Å²) >= 11 is 12.9. The highest BCUT2D eigenvalue weighted by molar-refractivity contribution is 7.80. The number of anilines is 1. The van der Waals surface area contributed by atoms with Crippen molar-refractivity contribution in [3.8, 4) is 11.3 Å². The fraction of sp³-hybridized carbons (Fsp3) is 0.368. The van der Waals surface area contributed by atoms with Gasteiger partial charge in [0.15, 0.2) is 10.9 Å². The van der Waals surface area contributed by atoms with Crippen molar-refractivity contribution >= 4 is 56.5 Å². The third-order valence-corrected chi connectivity index (χ3v) is 6.29. The van der Waals surface area contributed by atoms with Crippen molar-refractivity contribution in [2.45, 2.75) is 0 Å². The van der Waals surface area contributed by atoms with Crippen molar-refractivity contribution in [2.75, 3.05) is 51.3 Å². The molecule has 4 rings (SSSR count). The maximum absolute atomic E-state index is 6.01. The predicted molar refractivity (Wildman–Crippen MR) is 122 cm³/mol. The monoisotopic (exact) mass is 448 g/mol. The molecule has 0 atom stereocenters. The summed E-state index contributed by atoms with van der Waals surface area (Å²) < 4.78 is 10.7. The van der Waals surface area contributed by atoms with Gasteiger partial charge in [-0.1, -0.05) is 23.7 Å². The van der Waals surface area contributed by atoms with Crippen LogP contribution in [0.3, 0.4) is 0 Å². The molecule has 1 fully saturated rings. The van der Waals surface area contributed by atoms with Crippen LogP contribution in [-0.4, -0.2) is 70.8 Å². The van der Waals surface area contributed by atoms with Gasteiger partial charge in [-0.15, -0.1) is 0 Å². The molecule has 3 heterocycles. The summed E-state index contributed by atoms with van der Waals surface area (Å²) in [4.78, 5) is 13.5. The molecule has 3 aromatic rings. The summed E-state index contributed by atoms with van der Waals surface area (Å²) in [5.74, 6) is 0.936. The lowest BCUT2D eigenvalue weighted by Crippen LogP contribution is -2.52. The van der Waals surface area contributed by atoms with E-state index in [0.717, 1.165) is 65.1 Å². The van der Waals surface area contributed by atoms with Gasteiger partial charge in [0, 0.05) is 50.4 Å². The number of nitrogens with one attached hydrogen (secondary N) is 1. The molecular weight excluding hydrogens is 428 g/mol. The van der Waals surface area contributed by atoms with Gasteiger partial charge in [0.05, 0.1) is 6.61 Å². The Morgan fingerprint density at radius 3 is 2.69 bits per heavy atom. The van der Waals surface area contributed by atoms with Crippen molar-refractivity contribution < 1.29 is 4.74 Å². The average Bonchev–Trinajstić information content (AvgIpc) is 3.19. The molecule has 0 unspecified atom stereocenters. The zero-order chi connectivity index (χ0) is 20.2. The van der Waals surface area contributed by atoms with Crippen molar-refractivity contribution in [1.29, 1.82) is 0 Å². The van der Waals surface area contributed by atoms with Crippen LogP contribution in [0.15, 0.2) is 30.6 Å². The molecule has 1 saturated heterocycles. The van der Waals surface area contributed by atoms with Crippen LogP contribution in [0.25, 0.3) is 21.5 Å². The largest absolute Gasteiger partial charge is 0.383 e. The summed E-state index contributed by atoms with van der Waals surface area (Å²) in [5, 5.41) is 4.71. The van der Waals surface area contributed by atoms with E-state index in [2.05, 4.69) is 29.5 Å². The van der Waals surface area contributed by atoms with E-state index in [1.54, 1.807) is 13.4 Å². The second kappa shape index (κ2) is 9.17. The molecular formula is C19H21ClN6OS2. The van der Waals surface area contributed by atoms with E-state index in [9.17, 15) is 0 Å². The third-order valence-electron chi connectivity index (χ3n) is 4.80. The molecule has 0 amide bonds. The number of fused-ring (bicyclic) bond motifs is 1. The summed E-state index contributed by atoms with van der Waals surface area (Å²) in [6.45, 7) is 4.72. The summed E-state index contributed by atoms with van der Waals surface area (Å²) in [6.07, 6.45) is 1.62. The number of rotatable bonds is 5. The SMILES string of the molecule is COCCNC(=S)N1CCN(c2ncnc3c(-c4ccc(Cl)cc4)nsc23)CC1. The highest BCUT2D eigenvalue weighted by Gasteiger charge is 2.23. The van der Waals surface area contributed by atoms with Gasteiger partial charge in [0.1, 0.15) is 22.2 Å². The third kappa shape index (κ3) is 4.42. The van der Waals surface area contributed by atoms with Crippen LogP contribution in [0.5, 0.6) is 0 Å². The van der Waals surface area contributed by atoms with E-state index in [1.165, 1.54) is 11.5 Å². The van der Waals surface area contributed by atoms with Crippen molar-refractivity contribution in [3.63, 3.8) is 0 Å². The minimum absolute atomic E-state index is 0.639.